The molecule has 1 aromatic heterocycles. The molecule has 0 N–H and O–H groups in total. The lowest BCUT2D eigenvalue weighted by molar-refractivity contribution is -0.402. The molecular formula is C13H8ClNO4. The summed E-state index contributed by atoms with van der Waals surface area (Å²) in [7, 11) is 0. The second-order valence-electron chi connectivity index (χ2n) is 3.61. The topological polar surface area (TPSA) is 73.3 Å². The quantitative estimate of drug-likeness (QED) is 0.369. The number of halogens is 1. The minimum absolute atomic E-state index is 0.0880. The van der Waals surface area contributed by atoms with E-state index < -0.39 is 16.6 Å². The molecule has 0 radical (unpaired) electrons. The molecule has 0 aliphatic rings. The summed E-state index contributed by atoms with van der Waals surface area (Å²) in [4.78, 5) is 21.4. The molecule has 19 heavy (non-hydrogen) atoms. The normalized spacial score (nSPS) is 10.8. The number of benzene rings is 1. The molecular weight excluding hydrogens is 270 g/mol. The lowest BCUT2D eigenvalue weighted by Crippen LogP contribution is -1.91. The molecule has 0 unspecified atom stereocenters. The van der Waals surface area contributed by atoms with Crippen LogP contribution in [0, 0.1) is 10.1 Å². The number of rotatable bonds is 4. The number of nitrogens with zero attached hydrogens (tertiary/aromatic N) is 1. The van der Waals surface area contributed by atoms with Crippen molar-refractivity contribution in [1.82, 2.24) is 0 Å². The van der Waals surface area contributed by atoms with Gasteiger partial charge in [0.05, 0.1) is 6.07 Å². The van der Waals surface area contributed by atoms with E-state index in [-0.39, 0.29) is 5.76 Å². The van der Waals surface area contributed by atoms with Crippen LogP contribution in [-0.2, 0) is 0 Å². The zero-order chi connectivity index (χ0) is 13.8. The van der Waals surface area contributed by atoms with E-state index in [1.165, 1.54) is 18.2 Å². The molecule has 0 bridgehead atoms. The van der Waals surface area contributed by atoms with E-state index in [1.54, 1.807) is 24.3 Å². The van der Waals surface area contributed by atoms with Crippen LogP contribution in [0.4, 0.5) is 5.88 Å². The summed E-state index contributed by atoms with van der Waals surface area (Å²) in [6.45, 7) is 0. The minimum Gasteiger partial charge on any atom is -0.397 e. The van der Waals surface area contributed by atoms with Gasteiger partial charge in [-0.1, -0.05) is 29.8 Å². The molecule has 0 spiro atoms. The zero-order valence-electron chi connectivity index (χ0n) is 9.58. The van der Waals surface area contributed by atoms with Crippen molar-refractivity contribution in [2.45, 2.75) is 0 Å². The smallest absolute Gasteiger partial charge is 0.397 e. The van der Waals surface area contributed by atoms with Gasteiger partial charge in [0.15, 0.2) is 5.76 Å². The number of hydrogen-bond donors (Lipinski definition) is 0. The molecule has 0 amide bonds. The van der Waals surface area contributed by atoms with Crippen LogP contribution in [-0.4, -0.2) is 10.7 Å². The van der Waals surface area contributed by atoms with Crippen LogP contribution in [0.1, 0.15) is 16.1 Å². The molecule has 0 aliphatic carbocycles. The van der Waals surface area contributed by atoms with Crippen molar-refractivity contribution in [3.63, 3.8) is 0 Å². The maximum absolute atomic E-state index is 11.7. The predicted octanol–water partition coefficient (Wildman–Crippen LogP) is 3.74. The molecule has 0 saturated heterocycles. The fourth-order valence-electron chi connectivity index (χ4n) is 1.42. The standard InChI is InChI=1S/C13H8ClNO4/c14-10-4-2-1-3-9(10)5-6-11(16)12-7-8-13(19-12)15(17)18/h1-8H. The van der Waals surface area contributed by atoms with Crippen molar-refractivity contribution in [3.05, 3.63) is 68.9 Å². The van der Waals surface area contributed by atoms with Gasteiger partial charge in [-0.15, -0.1) is 0 Å². The van der Waals surface area contributed by atoms with Crippen molar-refractivity contribution in [2.24, 2.45) is 0 Å². The van der Waals surface area contributed by atoms with Gasteiger partial charge in [0.1, 0.15) is 4.92 Å². The van der Waals surface area contributed by atoms with E-state index in [9.17, 15) is 14.9 Å². The highest BCUT2D eigenvalue weighted by atomic mass is 35.5. The Bertz CT molecular complexity index is 660. The van der Waals surface area contributed by atoms with Gasteiger partial charge in [0.2, 0.25) is 5.78 Å². The Kier molecular flexibility index (Phi) is 3.77. The summed E-state index contributed by atoms with van der Waals surface area (Å²) in [5, 5.41) is 10.9. The van der Waals surface area contributed by atoms with Gasteiger partial charge >= 0.3 is 5.88 Å². The second kappa shape index (κ2) is 5.49. The molecule has 96 valence electrons. The number of ketones is 1. The minimum atomic E-state index is -0.700. The summed E-state index contributed by atoms with van der Waals surface area (Å²) in [6, 6.07) is 9.40. The van der Waals surface area contributed by atoms with E-state index in [1.807, 2.05) is 0 Å². The van der Waals surface area contributed by atoms with Crippen molar-refractivity contribution in [2.75, 3.05) is 0 Å². The van der Waals surface area contributed by atoms with Crippen molar-refractivity contribution < 1.29 is 14.1 Å². The van der Waals surface area contributed by atoms with E-state index >= 15 is 0 Å². The molecule has 5 nitrogen and oxygen atoms in total. The fourth-order valence-corrected chi connectivity index (χ4v) is 1.61. The van der Waals surface area contributed by atoms with Crippen LogP contribution in [0.25, 0.3) is 6.08 Å². The number of carbonyl (C=O) groups excluding carboxylic acids is 1. The first kappa shape index (κ1) is 13.0. The number of furan rings is 1. The van der Waals surface area contributed by atoms with Crippen LogP contribution in [0.3, 0.4) is 0 Å². The van der Waals surface area contributed by atoms with Crippen molar-refractivity contribution in [3.8, 4) is 0 Å². The molecule has 0 fully saturated rings. The molecule has 0 aliphatic heterocycles. The first-order valence-corrected chi connectivity index (χ1v) is 5.67. The first-order valence-electron chi connectivity index (χ1n) is 5.29. The van der Waals surface area contributed by atoms with E-state index in [2.05, 4.69) is 0 Å². The maximum atomic E-state index is 11.7. The van der Waals surface area contributed by atoms with Crippen molar-refractivity contribution in [1.29, 1.82) is 0 Å². The molecule has 0 saturated carbocycles. The van der Waals surface area contributed by atoms with Gasteiger partial charge in [-0.25, -0.2) is 0 Å². The number of carbonyl (C=O) groups is 1. The molecule has 1 aromatic carbocycles. The Morgan fingerprint density at radius 1 is 1.26 bits per heavy atom. The predicted molar refractivity (Wildman–Crippen MR) is 70.2 cm³/mol. The maximum Gasteiger partial charge on any atom is 0.433 e. The summed E-state index contributed by atoms with van der Waals surface area (Å²) in [5.41, 5.74) is 0.679. The average molecular weight is 278 g/mol. The molecule has 2 rings (SSSR count). The Labute approximate surface area is 113 Å². The summed E-state index contributed by atoms with van der Waals surface area (Å²) >= 11 is 5.92. The highest BCUT2D eigenvalue weighted by molar-refractivity contribution is 6.32. The number of hydrogen-bond acceptors (Lipinski definition) is 4. The Balaban J connectivity index is 2.17. The molecule has 2 aromatic rings. The van der Waals surface area contributed by atoms with E-state index in [4.69, 9.17) is 16.0 Å². The van der Waals surface area contributed by atoms with Gasteiger partial charge < -0.3 is 4.42 Å². The number of nitro groups is 1. The third kappa shape index (κ3) is 3.08. The van der Waals surface area contributed by atoms with Crippen LogP contribution < -0.4 is 0 Å². The van der Waals surface area contributed by atoms with Gasteiger partial charge in [-0.05, 0) is 29.8 Å². The van der Waals surface area contributed by atoms with E-state index in [0.717, 1.165) is 6.07 Å². The lowest BCUT2D eigenvalue weighted by Gasteiger charge is -1.95. The second-order valence-corrected chi connectivity index (χ2v) is 4.02. The molecule has 0 atom stereocenters. The highest BCUT2D eigenvalue weighted by Gasteiger charge is 2.15. The fraction of sp³-hybridized carbons (Fsp3) is 0. The van der Waals surface area contributed by atoms with Crippen LogP contribution in [0.5, 0.6) is 0 Å². The lowest BCUT2D eigenvalue weighted by atomic mass is 10.2. The van der Waals surface area contributed by atoms with Crippen LogP contribution in [0.15, 0.2) is 46.9 Å². The zero-order valence-corrected chi connectivity index (χ0v) is 10.3. The first-order chi connectivity index (χ1) is 9.08. The molecule has 1 heterocycles. The Hall–Kier alpha value is -2.40. The highest BCUT2D eigenvalue weighted by Crippen LogP contribution is 2.19. The largest absolute Gasteiger partial charge is 0.433 e. The van der Waals surface area contributed by atoms with Gasteiger partial charge in [-0.3, -0.25) is 14.9 Å². The SMILES string of the molecule is O=C(C=Cc1ccccc1Cl)c1ccc([N+](=O)[O-])o1. The van der Waals surface area contributed by atoms with E-state index in [0.29, 0.717) is 10.6 Å². The van der Waals surface area contributed by atoms with Gasteiger partial charge in [0, 0.05) is 5.02 Å². The third-order valence-electron chi connectivity index (χ3n) is 2.33. The van der Waals surface area contributed by atoms with Gasteiger partial charge in [0.25, 0.3) is 0 Å². The average Bonchev–Trinajstić information content (AvgIpc) is 2.87. The Morgan fingerprint density at radius 3 is 2.63 bits per heavy atom. The summed E-state index contributed by atoms with van der Waals surface area (Å²) < 4.78 is 4.79. The monoisotopic (exact) mass is 277 g/mol. The van der Waals surface area contributed by atoms with Crippen LogP contribution in [0.2, 0.25) is 5.02 Å². The molecule has 6 heteroatoms. The Morgan fingerprint density at radius 2 is 2.00 bits per heavy atom. The summed E-state index contributed by atoms with van der Waals surface area (Å²) in [5.74, 6) is -1.02. The summed E-state index contributed by atoms with van der Waals surface area (Å²) in [6.07, 6.45) is 2.78. The van der Waals surface area contributed by atoms with Crippen molar-refractivity contribution >= 4 is 29.3 Å². The number of allylic oxidation sites excluding steroid dienone is 1. The van der Waals surface area contributed by atoms with Gasteiger partial charge in [-0.2, -0.15) is 0 Å². The third-order valence-corrected chi connectivity index (χ3v) is 2.68. The van der Waals surface area contributed by atoms with Crippen LogP contribution >= 0.6 is 11.6 Å².